The summed E-state index contributed by atoms with van der Waals surface area (Å²) in [7, 11) is -3.69. The Hall–Kier alpha value is -4.04. The lowest BCUT2D eigenvalue weighted by Gasteiger charge is -2.13. The number of aromatic amines is 1. The molecule has 0 fully saturated rings. The van der Waals surface area contributed by atoms with Gasteiger partial charge in [0.25, 0.3) is 0 Å². The normalized spacial score (nSPS) is 11.3. The van der Waals surface area contributed by atoms with Crippen LogP contribution in [-0.2, 0) is 9.84 Å². The maximum atomic E-state index is 13.7. The number of aromatic nitrogens is 4. The van der Waals surface area contributed by atoms with Gasteiger partial charge in [-0.3, -0.25) is 0 Å². The highest BCUT2D eigenvalue weighted by Gasteiger charge is 2.17. The van der Waals surface area contributed by atoms with E-state index in [1.807, 2.05) is 6.07 Å². The average Bonchev–Trinajstić information content (AvgIpc) is 3.09. The molecule has 0 aliphatic heterocycles. The molecule has 0 spiro atoms. The number of sulfone groups is 1. The third-order valence-corrected chi connectivity index (χ3v) is 5.44. The van der Waals surface area contributed by atoms with Gasteiger partial charge in [-0.15, -0.1) is 0 Å². The van der Waals surface area contributed by atoms with Crippen LogP contribution in [0.4, 0.5) is 27.4 Å². The van der Waals surface area contributed by atoms with E-state index in [-0.39, 0.29) is 16.3 Å². The smallest absolute Gasteiger partial charge is 0.177 e. The first-order chi connectivity index (χ1) is 14.7. The summed E-state index contributed by atoms with van der Waals surface area (Å²) in [5.74, 6) is 0.734. The van der Waals surface area contributed by atoms with E-state index in [0.717, 1.165) is 12.3 Å². The van der Waals surface area contributed by atoms with Crippen molar-refractivity contribution in [1.82, 2.24) is 19.9 Å². The molecule has 31 heavy (non-hydrogen) atoms. The number of anilines is 4. The molecule has 0 unspecified atom stereocenters. The molecule has 3 N–H and O–H groups in total. The third kappa shape index (κ3) is 4.29. The van der Waals surface area contributed by atoms with Crippen molar-refractivity contribution in [3.63, 3.8) is 0 Å². The van der Waals surface area contributed by atoms with E-state index in [2.05, 4.69) is 30.6 Å². The molecule has 156 valence electrons. The van der Waals surface area contributed by atoms with Crippen LogP contribution in [-0.4, -0.2) is 34.6 Å². The Morgan fingerprint density at radius 2 is 1.84 bits per heavy atom. The van der Waals surface area contributed by atoms with Gasteiger partial charge in [0.2, 0.25) is 0 Å². The summed E-state index contributed by atoms with van der Waals surface area (Å²) < 4.78 is 38.0. The first-order valence-electron chi connectivity index (χ1n) is 9.01. The van der Waals surface area contributed by atoms with Crippen LogP contribution in [0.1, 0.15) is 11.5 Å². The molecule has 0 amide bonds. The summed E-state index contributed by atoms with van der Waals surface area (Å²) in [5, 5.41) is 15.1. The molecule has 0 radical (unpaired) electrons. The summed E-state index contributed by atoms with van der Waals surface area (Å²) >= 11 is 0. The number of nitriles is 1. The fourth-order valence-corrected chi connectivity index (χ4v) is 3.86. The largest absolute Gasteiger partial charge is 0.352 e. The van der Waals surface area contributed by atoms with E-state index in [0.29, 0.717) is 34.3 Å². The molecule has 3 heterocycles. The van der Waals surface area contributed by atoms with Crippen molar-refractivity contribution in [2.24, 2.45) is 0 Å². The number of hydrogen-bond acceptors (Lipinski definition) is 8. The van der Waals surface area contributed by atoms with Gasteiger partial charge in [-0.25, -0.2) is 27.8 Å². The van der Waals surface area contributed by atoms with Crippen LogP contribution in [0.5, 0.6) is 0 Å². The maximum absolute atomic E-state index is 13.7. The number of H-pyrrole nitrogens is 1. The van der Waals surface area contributed by atoms with Crippen LogP contribution in [0.2, 0.25) is 0 Å². The minimum atomic E-state index is -3.69. The fourth-order valence-electron chi connectivity index (χ4n) is 3.01. The zero-order chi connectivity index (χ0) is 22.2. The number of rotatable bonds is 5. The van der Waals surface area contributed by atoms with Crippen molar-refractivity contribution < 1.29 is 12.8 Å². The van der Waals surface area contributed by atoms with Crippen LogP contribution < -0.4 is 10.6 Å². The number of nitrogens with one attached hydrogen (secondary N) is 3. The van der Waals surface area contributed by atoms with Crippen molar-refractivity contribution in [3.05, 3.63) is 59.8 Å². The van der Waals surface area contributed by atoms with Crippen LogP contribution >= 0.6 is 0 Å². The number of aryl methyl sites for hydroxylation is 1. The standard InChI is InChI=1S/C20H16FN7O2S/c1-11-23-19-15(26-14-7-6-12(21)8-16(14)31(2,29)30)9-18(28-20(19)24-11)27-17-5-3-4-13(10-22)25-17/h3-9H,1-2H3,(H3,23,24,25,26,27,28). The van der Waals surface area contributed by atoms with Crippen molar-refractivity contribution in [3.8, 4) is 6.07 Å². The second-order valence-corrected chi connectivity index (χ2v) is 8.74. The lowest BCUT2D eigenvalue weighted by Crippen LogP contribution is -2.05. The highest BCUT2D eigenvalue weighted by atomic mass is 32.2. The van der Waals surface area contributed by atoms with Crippen LogP contribution in [0.3, 0.4) is 0 Å². The molecule has 9 nitrogen and oxygen atoms in total. The second-order valence-electron chi connectivity index (χ2n) is 6.76. The van der Waals surface area contributed by atoms with Gasteiger partial charge in [-0.1, -0.05) is 6.07 Å². The van der Waals surface area contributed by atoms with Gasteiger partial charge in [-0.2, -0.15) is 5.26 Å². The van der Waals surface area contributed by atoms with Gasteiger partial charge in [0, 0.05) is 12.3 Å². The molecule has 4 aromatic rings. The van der Waals surface area contributed by atoms with Crippen LogP contribution in [0.15, 0.2) is 47.4 Å². The molecule has 11 heteroatoms. The topological polar surface area (TPSA) is 136 Å². The summed E-state index contributed by atoms with van der Waals surface area (Å²) in [5.41, 5.74) is 1.82. The zero-order valence-electron chi connectivity index (χ0n) is 16.4. The third-order valence-electron chi connectivity index (χ3n) is 4.30. The maximum Gasteiger partial charge on any atom is 0.177 e. The molecule has 1 aromatic carbocycles. The van der Waals surface area contributed by atoms with E-state index in [9.17, 15) is 12.8 Å². The number of pyridine rings is 2. The molecule has 0 saturated carbocycles. The molecular formula is C20H16FN7O2S. The molecule has 0 bridgehead atoms. The van der Waals surface area contributed by atoms with E-state index < -0.39 is 15.7 Å². The quantitative estimate of drug-likeness (QED) is 0.431. The first-order valence-corrected chi connectivity index (χ1v) is 10.9. The van der Waals surface area contributed by atoms with Crippen LogP contribution in [0.25, 0.3) is 11.2 Å². The molecule has 0 aliphatic rings. The van der Waals surface area contributed by atoms with Gasteiger partial charge in [-0.05, 0) is 37.3 Å². The lowest BCUT2D eigenvalue weighted by atomic mass is 10.2. The number of halogens is 1. The molecule has 0 aliphatic carbocycles. The zero-order valence-corrected chi connectivity index (χ0v) is 17.2. The number of benzene rings is 1. The molecule has 0 atom stereocenters. The Kier molecular flexibility index (Phi) is 5.00. The fraction of sp³-hybridized carbons (Fsp3) is 0.100. The highest BCUT2D eigenvalue weighted by Crippen LogP contribution is 2.31. The van der Waals surface area contributed by atoms with Gasteiger partial charge in [0.1, 0.15) is 40.6 Å². The number of imidazole rings is 1. The molecule has 4 rings (SSSR count). The van der Waals surface area contributed by atoms with E-state index in [1.165, 1.54) is 12.1 Å². The predicted octanol–water partition coefficient (Wildman–Crippen LogP) is 3.56. The number of fused-ring (bicyclic) bond motifs is 1. The van der Waals surface area contributed by atoms with Gasteiger partial charge >= 0.3 is 0 Å². The second kappa shape index (κ2) is 7.66. The predicted molar refractivity (Wildman–Crippen MR) is 114 cm³/mol. The van der Waals surface area contributed by atoms with Crippen molar-refractivity contribution in [2.45, 2.75) is 11.8 Å². The van der Waals surface area contributed by atoms with E-state index in [4.69, 9.17) is 5.26 Å². The average molecular weight is 437 g/mol. The molecular weight excluding hydrogens is 421 g/mol. The summed E-state index contributed by atoms with van der Waals surface area (Å²) in [6.07, 6.45) is 1.01. The van der Waals surface area contributed by atoms with Gasteiger partial charge < -0.3 is 15.6 Å². The Balaban J connectivity index is 1.80. The molecule has 0 saturated heterocycles. The van der Waals surface area contributed by atoms with Crippen molar-refractivity contribution >= 4 is 44.0 Å². The molecule has 3 aromatic heterocycles. The lowest BCUT2D eigenvalue weighted by molar-refractivity contribution is 0.596. The van der Waals surface area contributed by atoms with Crippen molar-refractivity contribution in [2.75, 3.05) is 16.9 Å². The minimum Gasteiger partial charge on any atom is -0.352 e. The Morgan fingerprint density at radius 3 is 2.58 bits per heavy atom. The van der Waals surface area contributed by atoms with Crippen LogP contribution in [0, 0.1) is 24.1 Å². The highest BCUT2D eigenvalue weighted by molar-refractivity contribution is 7.90. The van der Waals surface area contributed by atoms with Crippen molar-refractivity contribution in [1.29, 1.82) is 5.26 Å². The SMILES string of the molecule is Cc1nc2c(Nc3ccc(F)cc3S(C)(=O)=O)cc(Nc3cccc(C#N)n3)nc2[nH]1. The van der Waals surface area contributed by atoms with Gasteiger partial charge in [0.05, 0.1) is 16.3 Å². The summed E-state index contributed by atoms with van der Waals surface area (Å²) in [6.45, 7) is 1.76. The first kappa shape index (κ1) is 20.2. The number of nitrogens with zero attached hydrogens (tertiary/aromatic N) is 4. The Labute approximate surface area is 176 Å². The Bertz CT molecular complexity index is 1460. The van der Waals surface area contributed by atoms with E-state index >= 15 is 0 Å². The monoisotopic (exact) mass is 437 g/mol. The Morgan fingerprint density at radius 1 is 1.03 bits per heavy atom. The minimum absolute atomic E-state index is 0.178. The van der Waals surface area contributed by atoms with Gasteiger partial charge in [0.15, 0.2) is 15.5 Å². The van der Waals surface area contributed by atoms with E-state index in [1.54, 1.807) is 31.2 Å². The summed E-state index contributed by atoms with van der Waals surface area (Å²) in [6, 6.07) is 12.0. The summed E-state index contributed by atoms with van der Waals surface area (Å²) in [4.78, 5) is 15.9. The number of hydrogen-bond donors (Lipinski definition) is 3.